The van der Waals surface area contributed by atoms with Crippen molar-refractivity contribution in [1.29, 1.82) is 0 Å². The maximum Gasteiger partial charge on any atom is 0.293 e. The highest BCUT2D eigenvalue weighted by Crippen LogP contribution is 2.24. The van der Waals surface area contributed by atoms with Crippen LogP contribution in [0.25, 0.3) is 0 Å². The van der Waals surface area contributed by atoms with Crippen LogP contribution in [0.1, 0.15) is 5.56 Å². The molecule has 0 unspecified atom stereocenters. The molecule has 0 radical (unpaired) electrons. The van der Waals surface area contributed by atoms with Gasteiger partial charge in [-0.3, -0.25) is 25.3 Å². The van der Waals surface area contributed by atoms with E-state index >= 15 is 0 Å². The zero-order chi connectivity index (χ0) is 14.7. The third-order valence-corrected chi connectivity index (χ3v) is 3.37. The summed E-state index contributed by atoms with van der Waals surface area (Å²) in [4.78, 5) is 26.2. The molecule has 104 valence electrons. The maximum atomic E-state index is 11.9. The Kier molecular flexibility index (Phi) is 4.29. The molecular formula is C11H10IN5O3. The minimum atomic E-state index is -0.533. The van der Waals surface area contributed by atoms with Crippen molar-refractivity contribution < 1.29 is 4.92 Å². The summed E-state index contributed by atoms with van der Waals surface area (Å²) in [6, 6.07) is 4.54. The van der Waals surface area contributed by atoms with Crippen LogP contribution in [-0.2, 0) is 6.54 Å². The number of nitrogens with one attached hydrogen (secondary N) is 1. The number of nitrogens with two attached hydrogens (primary N) is 1. The van der Waals surface area contributed by atoms with E-state index in [9.17, 15) is 14.9 Å². The first-order valence-corrected chi connectivity index (χ1v) is 6.54. The lowest BCUT2D eigenvalue weighted by atomic mass is 10.1. The molecule has 2 aromatic rings. The van der Waals surface area contributed by atoms with Gasteiger partial charge < -0.3 is 5.43 Å². The highest BCUT2D eigenvalue weighted by Gasteiger charge is 2.14. The van der Waals surface area contributed by atoms with Crippen LogP contribution < -0.4 is 16.8 Å². The molecule has 2 rings (SSSR count). The van der Waals surface area contributed by atoms with Gasteiger partial charge in [-0.1, -0.05) is 6.07 Å². The number of nitrogens with zero attached hydrogens (tertiary/aromatic N) is 3. The van der Waals surface area contributed by atoms with Crippen molar-refractivity contribution in [2.24, 2.45) is 5.84 Å². The van der Waals surface area contributed by atoms with E-state index in [-0.39, 0.29) is 23.5 Å². The van der Waals surface area contributed by atoms with E-state index in [0.717, 1.165) is 0 Å². The lowest BCUT2D eigenvalue weighted by Gasteiger charge is -2.07. The zero-order valence-corrected chi connectivity index (χ0v) is 12.3. The minimum Gasteiger partial charge on any atom is -0.318 e. The molecule has 9 heteroatoms. The summed E-state index contributed by atoms with van der Waals surface area (Å²) in [5.41, 5.74) is 2.76. The quantitative estimate of drug-likeness (QED) is 0.351. The second-order valence-corrected chi connectivity index (χ2v) is 5.09. The van der Waals surface area contributed by atoms with Crippen molar-refractivity contribution in [3.8, 4) is 0 Å². The Morgan fingerprint density at radius 1 is 1.50 bits per heavy atom. The lowest BCUT2D eigenvalue weighted by Crippen LogP contribution is -2.23. The van der Waals surface area contributed by atoms with Crippen LogP contribution in [0.5, 0.6) is 0 Å². The zero-order valence-electron chi connectivity index (χ0n) is 10.1. The summed E-state index contributed by atoms with van der Waals surface area (Å²) in [5.74, 6) is 5.21. The standard InChI is InChI=1S/C11H10IN5O3/c12-8-4-14-6-16(11(8)18)5-7-1-2-9(15-13)10(3-7)17(19)20/h1-4,6,15H,5,13H2. The molecule has 0 saturated carbocycles. The van der Waals surface area contributed by atoms with Crippen LogP contribution in [0, 0.1) is 13.7 Å². The molecule has 0 saturated heterocycles. The first kappa shape index (κ1) is 14.4. The van der Waals surface area contributed by atoms with E-state index in [1.807, 2.05) is 22.6 Å². The van der Waals surface area contributed by atoms with Crippen molar-refractivity contribution in [3.63, 3.8) is 0 Å². The maximum absolute atomic E-state index is 11.9. The van der Waals surface area contributed by atoms with Gasteiger partial charge in [0.15, 0.2) is 0 Å². The van der Waals surface area contributed by atoms with Crippen LogP contribution in [0.2, 0.25) is 0 Å². The molecule has 0 aliphatic carbocycles. The number of hydrogen-bond donors (Lipinski definition) is 2. The molecule has 1 heterocycles. The average molecular weight is 387 g/mol. The highest BCUT2D eigenvalue weighted by molar-refractivity contribution is 14.1. The molecule has 20 heavy (non-hydrogen) atoms. The van der Waals surface area contributed by atoms with Crippen LogP contribution in [0.3, 0.4) is 0 Å². The third-order valence-electron chi connectivity index (χ3n) is 2.63. The first-order valence-electron chi connectivity index (χ1n) is 5.47. The molecule has 0 aliphatic rings. The summed E-state index contributed by atoms with van der Waals surface area (Å²) < 4.78 is 1.87. The lowest BCUT2D eigenvalue weighted by molar-refractivity contribution is -0.384. The molecular weight excluding hydrogens is 377 g/mol. The van der Waals surface area contributed by atoms with E-state index in [1.165, 1.54) is 29.2 Å². The predicted molar refractivity (Wildman–Crippen MR) is 81.2 cm³/mol. The molecule has 1 aromatic heterocycles. The summed E-state index contributed by atoms with van der Waals surface area (Å²) in [7, 11) is 0. The molecule has 0 aliphatic heterocycles. The summed E-state index contributed by atoms with van der Waals surface area (Å²) >= 11 is 1.89. The minimum absolute atomic E-state index is 0.142. The average Bonchev–Trinajstić information content (AvgIpc) is 2.43. The number of hydrazine groups is 1. The van der Waals surface area contributed by atoms with E-state index in [4.69, 9.17) is 5.84 Å². The Bertz CT molecular complexity index is 715. The van der Waals surface area contributed by atoms with Crippen molar-refractivity contribution >= 4 is 34.0 Å². The van der Waals surface area contributed by atoms with E-state index in [0.29, 0.717) is 9.13 Å². The monoisotopic (exact) mass is 387 g/mol. The SMILES string of the molecule is NNc1ccc(Cn2cncc(I)c2=O)cc1[N+](=O)[O-]. The van der Waals surface area contributed by atoms with Crippen molar-refractivity contribution in [1.82, 2.24) is 9.55 Å². The summed E-state index contributed by atoms with van der Waals surface area (Å²) in [6.07, 6.45) is 2.86. The van der Waals surface area contributed by atoms with Crippen LogP contribution in [0.15, 0.2) is 35.5 Å². The molecule has 0 bridgehead atoms. The van der Waals surface area contributed by atoms with E-state index < -0.39 is 4.92 Å². The van der Waals surface area contributed by atoms with Crippen molar-refractivity contribution in [2.45, 2.75) is 6.54 Å². The van der Waals surface area contributed by atoms with Gasteiger partial charge in [0.2, 0.25) is 0 Å². The van der Waals surface area contributed by atoms with Gasteiger partial charge in [-0.25, -0.2) is 4.98 Å². The molecule has 0 amide bonds. The Hall–Kier alpha value is -2.01. The van der Waals surface area contributed by atoms with E-state index in [2.05, 4.69) is 10.4 Å². The van der Waals surface area contributed by atoms with Crippen molar-refractivity contribution in [3.05, 3.63) is 60.3 Å². The largest absolute Gasteiger partial charge is 0.318 e. The van der Waals surface area contributed by atoms with Crippen LogP contribution in [0.4, 0.5) is 11.4 Å². The summed E-state index contributed by atoms with van der Waals surface area (Å²) in [5, 5.41) is 10.9. The first-order chi connectivity index (χ1) is 9.52. The fourth-order valence-electron chi connectivity index (χ4n) is 1.68. The second-order valence-electron chi connectivity index (χ2n) is 3.93. The van der Waals surface area contributed by atoms with Gasteiger partial charge in [-0.05, 0) is 34.2 Å². The fourth-order valence-corrected chi connectivity index (χ4v) is 2.15. The van der Waals surface area contributed by atoms with Gasteiger partial charge in [0, 0.05) is 12.3 Å². The number of nitro groups is 1. The number of hydrogen-bond acceptors (Lipinski definition) is 6. The van der Waals surface area contributed by atoms with Crippen molar-refractivity contribution in [2.75, 3.05) is 5.43 Å². The van der Waals surface area contributed by atoms with Gasteiger partial charge in [0.25, 0.3) is 11.2 Å². The molecule has 1 aromatic carbocycles. The fraction of sp³-hybridized carbons (Fsp3) is 0.0909. The Balaban J connectivity index is 2.39. The normalized spacial score (nSPS) is 10.3. The smallest absolute Gasteiger partial charge is 0.293 e. The van der Waals surface area contributed by atoms with E-state index in [1.54, 1.807) is 6.07 Å². The molecule has 0 atom stereocenters. The number of halogens is 1. The number of benzene rings is 1. The molecule has 3 N–H and O–H groups in total. The van der Waals surface area contributed by atoms with Gasteiger partial charge in [0.1, 0.15) is 5.69 Å². The van der Waals surface area contributed by atoms with Gasteiger partial charge in [-0.2, -0.15) is 0 Å². The Morgan fingerprint density at radius 3 is 2.90 bits per heavy atom. The van der Waals surface area contributed by atoms with Crippen LogP contribution >= 0.6 is 22.6 Å². The number of rotatable bonds is 4. The van der Waals surface area contributed by atoms with Gasteiger partial charge in [0.05, 0.1) is 21.4 Å². The van der Waals surface area contributed by atoms with Crippen LogP contribution in [-0.4, -0.2) is 14.5 Å². The Morgan fingerprint density at radius 2 is 2.25 bits per heavy atom. The second kappa shape index (κ2) is 5.96. The molecule has 8 nitrogen and oxygen atoms in total. The van der Waals surface area contributed by atoms with Gasteiger partial charge in [-0.15, -0.1) is 0 Å². The number of anilines is 1. The third kappa shape index (κ3) is 2.93. The number of aromatic nitrogens is 2. The molecule has 0 fully saturated rings. The highest BCUT2D eigenvalue weighted by atomic mass is 127. The topological polar surface area (TPSA) is 116 Å². The number of nitro benzene ring substituents is 1. The van der Waals surface area contributed by atoms with Gasteiger partial charge >= 0.3 is 0 Å². The number of nitrogen functional groups attached to an aromatic ring is 1. The Labute approximate surface area is 126 Å². The summed E-state index contributed by atoms with van der Waals surface area (Å²) in [6.45, 7) is 0.203. The molecule has 0 spiro atoms. The predicted octanol–water partition coefficient (Wildman–Crippen LogP) is 1.09.